The highest BCUT2D eigenvalue weighted by Gasteiger charge is 2.12. The highest BCUT2D eigenvalue weighted by molar-refractivity contribution is 7.09. The Morgan fingerprint density at radius 2 is 2.10 bits per heavy atom. The van der Waals surface area contributed by atoms with Gasteiger partial charge in [0.2, 0.25) is 0 Å². The number of aromatic nitrogens is 2. The zero-order valence-corrected chi connectivity index (χ0v) is 18.8. The smallest absolute Gasteiger partial charge is 0.321 e. The number of nitrogens with zero attached hydrogens (tertiary/aromatic N) is 3. The molecular formula is C23H29N5O2S. The van der Waals surface area contributed by atoms with E-state index in [0.29, 0.717) is 24.3 Å². The van der Waals surface area contributed by atoms with Crippen LogP contribution in [0.5, 0.6) is 0 Å². The Morgan fingerprint density at radius 3 is 2.87 bits per heavy atom. The Kier molecular flexibility index (Phi) is 8.23. The summed E-state index contributed by atoms with van der Waals surface area (Å²) in [6.45, 7) is 4.21. The number of hydrogen-bond acceptors (Lipinski definition) is 4. The Bertz CT molecular complexity index is 984. The lowest BCUT2D eigenvalue weighted by Gasteiger charge is -2.18. The van der Waals surface area contributed by atoms with Crippen LogP contribution in [0.15, 0.2) is 54.2 Å². The lowest BCUT2D eigenvalue weighted by molar-refractivity contribution is 0.0951. The van der Waals surface area contributed by atoms with E-state index in [2.05, 4.69) is 27.1 Å². The van der Waals surface area contributed by atoms with E-state index in [1.54, 1.807) is 47.5 Å². The number of urea groups is 1. The first kappa shape index (κ1) is 22.6. The van der Waals surface area contributed by atoms with Gasteiger partial charge in [-0.3, -0.25) is 4.79 Å². The summed E-state index contributed by atoms with van der Waals surface area (Å²) in [5, 5.41) is 7.75. The quantitative estimate of drug-likeness (QED) is 0.492. The van der Waals surface area contributed by atoms with Crippen molar-refractivity contribution in [1.82, 2.24) is 19.8 Å². The zero-order valence-electron chi connectivity index (χ0n) is 18.0. The fourth-order valence-electron chi connectivity index (χ4n) is 3.23. The lowest BCUT2D eigenvalue weighted by Crippen LogP contribution is -2.32. The SMILES string of the molecule is CCCn1ccnc1CCCN(C)C(=O)Nc1cccc(C(=O)NCc2cccs2)c1. The number of hydrogen-bond donors (Lipinski definition) is 2. The molecule has 1 aromatic carbocycles. The van der Waals surface area contributed by atoms with Crippen molar-refractivity contribution in [2.24, 2.45) is 0 Å². The van der Waals surface area contributed by atoms with Gasteiger partial charge in [-0.05, 0) is 42.5 Å². The molecule has 0 aliphatic heterocycles. The first-order valence-corrected chi connectivity index (χ1v) is 11.4. The topological polar surface area (TPSA) is 79.3 Å². The standard InChI is InChI=1S/C23H29N5O2S/c1-3-12-28-14-11-24-21(28)10-5-13-27(2)23(30)26-19-8-4-7-18(16-19)22(29)25-17-20-9-6-15-31-20/h4,6-9,11,14-16H,3,5,10,12-13,17H2,1-2H3,(H,25,29)(H,26,30). The van der Waals surface area contributed by atoms with E-state index in [9.17, 15) is 9.59 Å². The summed E-state index contributed by atoms with van der Waals surface area (Å²) in [5.41, 5.74) is 1.11. The Balaban J connectivity index is 1.47. The molecule has 2 heterocycles. The molecule has 0 fully saturated rings. The number of carbonyl (C=O) groups is 2. The maximum atomic E-state index is 12.5. The molecule has 3 rings (SSSR count). The molecule has 8 heteroatoms. The first-order chi connectivity index (χ1) is 15.1. The average Bonchev–Trinajstić information content (AvgIpc) is 3.45. The van der Waals surface area contributed by atoms with Crippen molar-refractivity contribution in [2.75, 3.05) is 18.9 Å². The van der Waals surface area contributed by atoms with Gasteiger partial charge in [-0.25, -0.2) is 9.78 Å². The molecule has 0 aliphatic carbocycles. The number of carbonyl (C=O) groups excluding carboxylic acids is 2. The van der Waals surface area contributed by atoms with Gasteiger partial charge in [-0.15, -0.1) is 11.3 Å². The molecule has 2 N–H and O–H groups in total. The van der Waals surface area contributed by atoms with Gasteiger partial charge >= 0.3 is 6.03 Å². The number of aryl methyl sites for hydroxylation is 2. The van der Waals surface area contributed by atoms with Gasteiger partial charge in [0.25, 0.3) is 5.91 Å². The van der Waals surface area contributed by atoms with Gasteiger partial charge in [0.1, 0.15) is 5.82 Å². The van der Waals surface area contributed by atoms with Crippen LogP contribution in [0.1, 0.15) is 40.8 Å². The van der Waals surface area contributed by atoms with Crippen molar-refractivity contribution in [2.45, 2.75) is 39.3 Å². The van der Waals surface area contributed by atoms with Gasteiger partial charge < -0.3 is 20.1 Å². The molecule has 3 amide bonds. The molecule has 3 aromatic rings. The normalized spacial score (nSPS) is 10.6. The molecule has 0 bridgehead atoms. The second-order valence-electron chi connectivity index (χ2n) is 7.33. The average molecular weight is 440 g/mol. The van der Waals surface area contributed by atoms with Crippen molar-refractivity contribution in [1.29, 1.82) is 0 Å². The van der Waals surface area contributed by atoms with Gasteiger partial charge in [-0.1, -0.05) is 19.1 Å². The van der Waals surface area contributed by atoms with Gasteiger partial charge in [-0.2, -0.15) is 0 Å². The second-order valence-corrected chi connectivity index (χ2v) is 8.37. The summed E-state index contributed by atoms with van der Waals surface area (Å²) in [5.74, 6) is 0.886. The van der Waals surface area contributed by atoms with Crippen LogP contribution in [0.2, 0.25) is 0 Å². The van der Waals surface area contributed by atoms with E-state index in [0.717, 1.165) is 36.5 Å². The largest absolute Gasteiger partial charge is 0.347 e. The number of anilines is 1. The predicted octanol–water partition coefficient (Wildman–Crippen LogP) is 4.38. The summed E-state index contributed by atoms with van der Waals surface area (Å²) in [4.78, 5) is 32.1. The maximum Gasteiger partial charge on any atom is 0.321 e. The van der Waals surface area contributed by atoms with Crippen molar-refractivity contribution >= 4 is 29.0 Å². The van der Waals surface area contributed by atoms with E-state index in [1.165, 1.54) is 0 Å². The molecule has 0 aliphatic rings. The Hall–Kier alpha value is -3.13. The molecule has 164 valence electrons. The summed E-state index contributed by atoms with van der Waals surface area (Å²) in [7, 11) is 1.77. The molecule has 0 saturated heterocycles. The molecule has 0 unspecified atom stereocenters. The number of imidazole rings is 1. The fourth-order valence-corrected chi connectivity index (χ4v) is 3.87. The van der Waals surface area contributed by atoms with Crippen LogP contribution >= 0.6 is 11.3 Å². The van der Waals surface area contributed by atoms with E-state index in [1.807, 2.05) is 29.9 Å². The molecule has 2 aromatic heterocycles. The monoisotopic (exact) mass is 439 g/mol. The highest BCUT2D eigenvalue weighted by atomic mass is 32.1. The van der Waals surface area contributed by atoms with Gasteiger partial charge in [0.05, 0.1) is 6.54 Å². The molecule has 31 heavy (non-hydrogen) atoms. The maximum absolute atomic E-state index is 12.5. The van der Waals surface area contributed by atoms with Crippen LogP contribution in [0, 0.1) is 0 Å². The van der Waals surface area contributed by atoms with E-state index >= 15 is 0 Å². The van der Waals surface area contributed by atoms with Crippen LogP contribution in [-0.2, 0) is 19.5 Å². The number of benzene rings is 1. The lowest BCUT2D eigenvalue weighted by atomic mass is 10.2. The van der Waals surface area contributed by atoms with Crippen molar-refractivity contribution < 1.29 is 9.59 Å². The fraction of sp³-hybridized carbons (Fsp3) is 0.348. The van der Waals surface area contributed by atoms with Crippen LogP contribution in [-0.4, -0.2) is 40.0 Å². The molecule has 0 saturated carbocycles. The third kappa shape index (κ3) is 6.68. The Morgan fingerprint density at radius 1 is 1.23 bits per heavy atom. The van der Waals surface area contributed by atoms with Gasteiger partial charge in [0.15, 0.2) is 0 Å². The minimum absolute atomic E-state index is 0.166. The molecule has 0 radical (unpaired) electrons. The van der Waals surface area contributed by atoms with Crippen LogP contribution in [0.25, 0.3) is 0 Å². The zero-order chi connectivity index (χ0) is 22.1. The molecule has 7 nitrogen and oxygen atoms in total. The van der Waals surface area contributed by atoms with Crippen LogP contribution in [0.4, 0.5) is 10.5 Å². The van der Waals surface area contributed by atoms with Crippen molar-refractivity contribution in [3.8, 4) is 0 Å². The predicted molar refractivity (Wildman–Crippen MR) is 124 cm³/mol. The van der Waals surface area contributed by atoms with Crippen LogP contribution in [0.3, 0.4) is 0 Å². The summed E-state index contributed by atoms with van der Waals surface area (Å²) in [6, 6.07) is 10.7. The second kappa shape index (κ2) is 11.3. The minimum Gasteiger partial charge on any atom is -0.347 e. The summed E-state index contributed by atoms with van der Waals surface area (Å²) in [6.07, 6.45) is 6.54. The minimum atomic E-state index is -0.201. The number of amides is 3. The summed E-state index contributed by atoms with van der Waals surface area (Å²) < 4.78 is 2.16. The molecule has 0 atom stereocenters. The molecular weight excluding hydrogens is 410 g/mol. The number of nitrogens with one attached hydrogen (secondary N) is 2. The first-order valence-electron chi connectivity index (χ1n) is 10.5. The van der Waals surface area contributed by atoms with Crippen molar-refractivity contribution in [3.63, 3.8) is 0 Å². The Labute approximate surface area is 187 Å². The third-order valence-corrected chi connectivity index (χ3v) is 5.76. The van der Waals surface area contributed by atoms with Gasteiger partial charge in [0, 0.05) is 55.1 Å². The highest BCUT2D eigenvalue weighted by Crippen LogP contribution is 2.13. The van der Waals surface area contributed by atoms with Crippen LogP contribution < -0.4 is 10.6 Å². The van der Waals surface area contributed by atoms with E-state index in [-0.39, 0.29) is 11.9 Å². The van der Waals surface area contributed by atoms with E-state index < -0.39 is 0 Å². The number of thiophene rings is 1. The molecule has 0 spiro atoms. The van der Waals surface area contributed by atoms with Crippen molar-refractivity contribution in [3.05, 3.63) is 70.4 Å². The third-order valence-electron chi connectivity index (χ3n) is 4.89. The summed E-state index contributed by atoms with van der Waals surface area (Å²) >= 11 is 1.60. The number of rotatable bonds is 10. The van der Waals surface area contributed by atoms with E-state index in [4.69, 9.17) is 0 Å².